The Morgan fingerprint density at radius 2 is 1.29 bits per heavy atom. The van der Waals surface area contributed by atoms with E-state index < -0.39 is 11.9 Å². The topological polar surface area (TPSA) is 61.8 Å². The first-order valence-corrected chi connectivity index (χ1v) is 10.3. The van der Waals surface area contributed by atoms with Gasteiger partial charge in [0.05, 0.1) is 0 Å². The third-order valence-electron chi connectivity index (χ3n) is 4.66. The van der Waals surface area contributed by atoms with Gasteiger partial charge in [0.25, 0.3) is 0 Å². The van der Waals surface area contributed by atoms with Crippen LogP contribution in [-0.4, -0.2) is 11.9 Å². The summed E-state index contributed by atoms with van der Waals surface area (Å²) >= 11 is 0. The molecule has 3 aromatic carbocycles. The van der Waals surface area contributed by atoms with Crippen molar-refractivity contribution < 1.29 is 28.2 Å². The molecule has 6 heteroatoms. The molecule has 0 aliphatic rings. The van der Waals surface area contributed by atoms with Crippen LogP contribution in [0.25, 0.3) is 22.3 Å². The molecule has 0 heterocycles. The fourth-order valence-electron chi connectivity index (χ4n) is 2.85. The Morgan fingerprint density at radius 3 is 1.88 bits per heavy atom. The molecule has 172 valence electrons. The highest BCUT2D eigenvalue weighted by Crippen LogP contribution is 2.30. The second-order valence-corrected chi connectivity index (χ2v) is 7.49. The number of rotatable bonds is 8. The monoisotopic (exact) mass is 458 g/mol. The number of hydrogen-bond donors (Lipinski definition) is 0. The molecular weight excluding hydrogens is 435 g/mol. The van der Waals surface area contributed by atoms with E-state index in [1.165, 1.54) is 12.3 Å². The lowest BCUT2D eigenvalue weighted by Gasteiger charge is -2.09. The summed E-state index contributed by atoms with van der Waals surface area (Å²) in [7, 11) is 0. The summed E-state index contributed by atoms with van der Waals surface area (Å²) in [4.78, 5) is 22.9. The van der Waals surface area contributed by atoms with Crippen molar-refractivity contribution in [2.45, 2.75) is 13.8 Å². The van der Waals surface area contributed by atoms with Crippen LogP contribution < -0.4 is 9.47 Å². The molecule has 0 aliphatic carbocycles. The summed E-state index contributed by atoms with van der Waals surface area (Å²) in [5.41, 5.74) is 3.17. The molecule has 3 aromatic rings. The summed E-state index contributed by atoms with van der Waals surface area (Å²) in [6.45, 7) is 10.1. The van der Waals surface area contributed by atoms with Crippen LogP contribution in [0.3, 0.4) is 0 Å². The molecule has 0 aromatic heterocycles. The zero-order chi connectivity index (χ0) is 24.7. The van der Waals surface area contributed by atoms with E-state index in [4.69, 9.17) is 14.2 Å². The Balaban J connectivity index is 1.67. The standard InChI is InChI=1S/C28H23FO5/c1-18(2)27(30)33-16-15-32-23-10-7-21(8-11-23)25-14-9-22(17-26(25)29)20-5-12-24(13-6-20)34-28(31)19(3)4/h5-17H,1,3H2,2,4H3. The molecule has 3 rings (SSSR count). The molecule has 0 amide bonds. The molecule has 0 spiro atoms. The number of hydrogen-bond acceptors (Lipinski definition) is 5. The van der Waals surface area contributed by atoms with Crippen molar-refractivity contribution in [3.05, 3.63) is 109 Å². The van der Waals surface area contributed by atoms with E-state index in [1.54, 1.807) is 68.4 Å². The van der Waals surface area contributed by atoms with E-state index in [1.807, 2.05) is 6.07 Å². The van der Waals surface area contributed by atoms with E-state index in [0.29, 0.717) is 33.8 Å². The van der Waals surface area contributed by atoms with Crippen LogP contribution in [0.5, 0.6) is 11.5 Å². The minimum Gasteiger partial charge on any atom is -0.462 e. The fraction of sp³-hybridized carbons (Fsp3) is 0.0714. The van der Waals surface area contributed by atoms with E-state index >= 15 is 0 Å². The molecule has 5 nitrogen and oxygen atoms in total. The smallest absolute Gasteiger partial charge is 0.338 e. The molecule has 0 saturated heterocycles. The summed E-state index contributed by atoms with van der Waals surface area (Å²) in [6.07, 6.45) is 2.36. The van der Waals surface area contributed by atoms with Crippen molar-refractivity contribution in [1.29, 1.82) is 0 Å². The van der Waals surface area contributed by atoms with Crippen LogP contribution in [-0.2, 0) is 14.3 Å². The SMILES string of the molecule is C=C(C)C(=O)OC=COc1ccc(-c2ccc(-c3ccc(OC(=O)C(=C)C)cc3)cc2F)cc1. The van der Waals surface area contributed by atoms with Gasteiger partial charge >= 0.3 is 11.9 Å². The number of ether oxygens (including phenoxy) is 3. The van der Waals surface area contributed by atoms with Gasteiger partial charge in [0.2, 0.25) is 0 Å². The van der Waals surface area contributed by atoms with Gasteiger partial charge in [-0.1, -0.05) is 49.6 Å². The highest BCUT2D eigenvalue weighted by molar-refractivity contribution is 5.89. The summed E-state index contributed by atoms with van der Waals surface area (Å²) in [5.74, 6) is -0.538. The van der Waals surface area contributed by atoms with Gasteiger partial charge in [-0.05, 0) is 60.9 Å². The molecule has 0 saturated carbocycles. The van der Waals surface area contributed by atoms with Gasteiger partial charge in [0.15, 0.2) is 0 Å². The summed E-state index contributed by atoms with van der Waals surface area (Å²) < 4.78 is 30.2. The normalized spacial score (nSPS) is 10.6. The van der Waals surface area contributed by atoms with Crippen LogP contribution in [0.1, 0.15) is 13.8 Å². The number of carbonyl (C=O) groups excluding carboxylic acids is 2. The van der Waals surface area contributed by atoms with Gasteiger partial charge in [-0.3, -0.25) is 0 Å². The zero-order valence-corrected chi connectivity index (χ0v) is 18.8. The first-order chi connectivity index (χ1) is 16.2. The maximum Gasteiger partial charge on any atom is 0.338 e. The number of esters is 2. The Labute approximate surface area is 197 Å². The maximum atomic E-state index is 14.9. The third-order valence-corrected chi connectivity index (χ3v) is 4.66. The van der Waals surface area contributed by atoms with Crippen molar-refractivity contribution in [1.82, 2.24) is 0 Å². The quantitative estimate of drug-likeness (QED) is 0.164. The molecule has 0 aliphatic heterocycles. The lowest BCUT2D eigenvalue weighted by molar-refractivity contribution is -0.133. The van der Waals surface area contributed by atoms with Gasteiger partial charge < -0.3 is 14.2 Å². The Hall–Kier alpha value is -4.45. The average molecular weight is 458 g/mol. The Morgan fingerprint density at radius 1 is 0.735 bits per heavy atom. The second kappa shape index (κ2) is 10.9. The highest BCUT2D eigenvalue weighted by atomic mass is 19.1. The molecule has 0 bridgehead atoms. The molecule has 0 atom stereocenters. The van der Waals surface area contributed by atoms with E-state index in [2.05, 4.69) is 13.2 Å². The van der Waals surface area contributed by atoms with Crippen LogP contribution in [0, 0.1) is 5.82 Å². The van der Waals surface area contributed by atoms with Crippen molar-refractivity contribution in [3.8, 4) is 33.8 Å². The Kier molecular flexibility index (Phi) is 7.77. The average Bonchev–Trinajstić information content (AvgIpc) is 2.82. The highest BCUT2D eigenvalue weighted by Gasteiger charge is 2.09. The molecule has 0 fully saturated rings. The fourth-order valence-corrected chi connectivity index (χ4v) is 2.85. The van der Waals surface area contributed by atoms with E-state index in [9.17, 15) is 14.0 Å². The zero-order valence-electron chi connectivity index (χ0n) is 18.8. The molecule has 34 heavy (non-hydrogen) atoms. The minimum absolute atomic E-state index is 0.281. The second-order valence-electron chi connectivity index (χ2n) is 7.49. The largest absolute Gasteiger partial charge is 0.462 e. The van der Waals surface area contributed by atoms with E-state index in [0.717, 1.165) is 11.8 Å². The van der Waals surface area contributed by atoms with Crippen molar-refractivity contribution in [3.63, 3.8) is 0 Å². The lowest BCUT2D eigenvalue weighted by Crippen LogP contribution is -2.07. The van der Waals surface area contributed by atoms with Gasteiger partial charge in [-0.15, -0.1) is 0 Å². The van der Waals surface area contributed by atoms with Crippen molar-refractivity contribution in [2.24, 2.45) is 0 Å². The van der Waals surface area contributed by atoms with Crippen molar-refractivity contribution in [2.75, 3.05) is 0 Å². The van der Waals surface area contributed by atoms with Crippen LogP contribution in [0.4, 0.5) is 4.39 Å². The number of benzene rings is 3. The summed E-state index contributed by atoms with van der Waals surface area (Å²) in [5, 5.41) is 0. The third kappa shape index (κ3) is 6.29. The van der Waals surface area contributed by atoms with Crippen LogP contribution in [0.15, 0.2) is 104 Å². The minimum atomic E-state index is -0.545. The predicted molar refractivity (Wildman–Crippen MR) is 128 cm³/mol. The first kappa shape index (κ1) is 24.2. The predicted octanol–water partition coefficient (Wildman–Crippen LogP) is 6.61. The van der Waals surface area contributed by atoms with E-state index in [-0.39, 0.29) is 11.4 Å². The van der Waals surface area contributed by atoms with Gasteiger partial charge in [0, 0.05) is 16.7 Å². The van der Waals surface area contributed by atoms with Gasteiger partial charge in [-0.2, -0.15) is 0 Å². The molecule has 0 unspecified atom stereocenters. The van der Waals surface area contributed by atoms with Crippen molar-refractivity contribution >= 4 is 11.9 Å². The van der Waals surface area contributed by atoms with Crippen LogP contribution >= 0.6 is 0 Å². The molecule has 0 radical (unpaired) electrons. The van der Waals surface area contributed by atoms with Gasteiger partial charge in [-0.25, -0.2) is 14.0 Å². The Bertz CT molecular complexity index is 1250. The number of halogens is 1. The lowest BCUT2D eigenvalue weighted by atomic mass is 9.99. The molecular formula is C28H23FO5. The maximum absolute atomic E-state index is 14.9. The molecule has 0 N–H and O–H groups in total. The number of carbonyl (C=O) groups is 2. The first-order valence-electron chi connectivity index (χ1n) is 10.3. The van der Waals surface area contributed by atoms with Gasteiger partial charge in [0.1, 0.15) is 29.8 Å². The summed E-state index contributed by atoms with van der Waals surface area (Å²) in [6, 6.07) is 18.6. The van der Waals surface area contributed by atoms with Crippen LogP contribution in [0.2, 0.25) is 0 Å².